The third-order valence-corrected chi connectivity index (χ3v) is 6.97. The highest BCUT2D eigenvalue weighted by atomic mass is 16.3. The number of nitrogens with zero attached hydrogens (tertiary/aromatic N) is 2. The lowest BCUT2D eigenvalue weighted by Gasteiger charge is -2.38. The molecule has 4 N–H and O–H groups in total. The monoisotopic (exact) mass is 412 g/mol. The normalized spacial score (nSPS) is 28.7. The quantitative estimate of drug-likeness (QED) is 0.562. The summed E-state index contributed by atoms with van der Waals surface area (Å²) < 4.78 is 0. The Morgan fingerprint density at radius 1 is 1.10 bits per heavy atom. The largest absolute Gasteiger partial charge is 0.393 e. The van der Waals surface area contributed by atoms with Crippen molar-refractivity contribution in [1.82, 2.24) is 20.4 Å². The van der Waals surface area contributed by atoms with E-state index in [4.69, 9.17) is 0 Å². The van der Waals surface area contributed by atoms with Gasteiger partial charge in [-0.25, -0.2) is 0 Å². The number of rotatable bonds is 5. The molecule has 2 aliphatic rings. The van der Waals surface area contributed by atoms with Crippen molar-refractivity contribution in [3.05, 3.63) is 53.9 Å². The Morgan fingerprint density at radius 2 is 1.83 bits per heavy atom. The molecule has 3 atom stereocenters. The van der Waals surface area contributed by atoms with Crippen molar-refractivity contribution >= 4 is 5.91 Å². The topological polar surface area (TPSA) is 101 Å². The predicted molar refractivity (Wildman–Crippen MR) is 114 cm³/mol. The molecule has 2 fully saturated rings. The van der Waals surface area contributed by atoms with Crippen molar-refractivity contribution in [2.75, 3.05) is 19.6 Å². The average Bonchev–Trinajstić information content (AvgIpc) is 3.26. The Kier molecular flexibility index (Phi) is 6.51. The smallest absolute Gasteiger partial charge is 0.269 e. The van der Waals surface area contributed by atoms with Gasteiger partial charge < -0.3 is 15.5 Å². The van der Waals surface area contributed by atoms with Crippen molar-refractivity contribution in [3.8, 4) is 0 Å². The van der Waals surface area contributed by atoms with Gasteiger partial charge in [0.05, 0.1) is 12.2 Å². The fourth-order valence-electron chi connectivity index (χ4n) is 5.09. The van der Waals surface area contributed by atoms with Crippen LogP contribution in [-0.4, -0.2) is 69.1 Å². The highest BCUT2D eigenvalue weighted by Crippen LogP contribution is 2.39. The number of aromatic nitrogens is 2. The molecule has 1 aliphatic carbocycles. The Bertz CT molecular complexity index is 805. The molecule has 7 nitrogen and oxygen atoms in total. The van der Waals surface area contributed by atoms with Crippen LogP contribution < -0.4 is 5.32 Å². The van der Waals surface area contributed by atoms with E-state index >= 15 is 0 Å². The highest BCUT2D eigenvalue weighted by Gasteiger charge is 2.40. The summed E-state index contributed by atoms with van der Waals surface area (Å²) in [5.41, 5.74) is 1.44. The number of hydrogen-bond acceptors (Lipinski definition) is 5. The molecule has 1 aromatic heterocycles. The number of benzene rings is 1. The van der Waals surface area contributed by atoms with Crippen LogP contribution in [0.15, 0.2) is 42.6 Å². The molecule has 1 saturated carbocycles. The predicted octanol–water partition coefficient (Wildman–Crippen LogP) is 1.84. The van der Waals surface area contributed by atoms with E-state index in [1.807, 2.05) is 18.2 Å². The molecule has 2 heterocycles. The standard InChI is InChI=1S/C23H32N4O3/c28-18-9-14-27(15-10-18)20-6-11-23(12-7-21(20)29,17-4-2-1-3-5-17)16-24-22(30)19-8-13-25-26-19/h1-5,8,13,18,20-21,28-29H,6-7,9-12,14-16H2,(H,24,30)(H,25,26)/t20-,21-,23-/m0/s1. The van der Waals surface area contributed by atoms with Crippen LogP contribution in [0.3, 0.4) is 0 Å². The zero-order valence-electron chi connectivity index (χ0n) is 17.3. The maximum Gasteiger partial charge on any atom is 0.269 e. The van der Waals surface area contributed by atoms with E-state index in [1.165, 1.54) is 5.56 Å². The van der Waals surface area contributed by atoms with Crippen molar-refractivity contribution < 1.29 is 15.0 Å². The number of carbonyl (C=O) groups is 1. The number of carbonyl (C=O) groups excluding carboxylic acids is 1. The molecule has 2 aromatic rings. The third-order valence-electron chi connectivity index (χ3n) is 6.97. The van der Waals surface area contributed by atoms with Crippen LogP contribution >= 0.6 is 0 Å². The summed E-state index contributed by atoms with van der Waals surface area (Å²) in [7, 11) is 0. The molecule has 1 saturated heterocycles. The minimum absolute atomic E-state index is 0.103. The number of aliphatic hydroxyl groups is 2. The molecule has 4 rings (SSSR count). The Morgan fingerprint density at radius 3 is 2.53 bits per heavy atom. The van der Waals surface area contributed by atoms with Crippen LogP contribution in [0.2, 0.25) is 0 Å². The van der Waals surface area contributed by atoms with Gasteiger partial charge >= 0.3 is 0 Å². The van der Waals surface area contributed by atoms with Gasteiger partial charge in [-0.2, -0.15) is 5.10 Å². The number of H-pyrrole nitrogens is 1. The lowest BCUT2D eigenvalue weighted by atomic mass is 9.74. The van der Waals surface area contributed by atoms with Crippen molar-refractivity contribution in [3.63, 3.8) is 0 Å². The maximum absolute atomic E-state index is 12.6. The number of aliphatic hydroxyl groups excluding tert-OH is 2. The first kappa shape index (κ1) is 21.0. The van der Waals surface area contributed by atoms with E-state index in [1.54, 1.807) is 12.3 Å². The van der Waals surface area contributed by atoms with Gasteiger partial charge in [0, 0.05) is 37.3 Å². The molecule has 7 heteroatoms. The SMILES string of the molecule is O=C(NC[C@@]1(c2ccccc2)CC[C@H](O)[C@@H](N2CCC(O)CC2)CC1)c1ccn[nH]1. The summed E-state index contributed by atoms with van der Waals surface area (Å²) in [6, 6.07) is 12.1. The first-order chi connectivity index (χ1) is 14.6. The second-order valence-electron chi connectivity index (χ2n) is 8.78. The van der Waals surface area contributed by atoms with Crippen LogP contribution in [0.25, 0.3) is 0 Å². The first-order valence-electron chi connectivity index (χ1n) is 11.0. The molecular weight excluding hydrogens is 380 g/mol. The summed E-state index contributed by atoms with van der Waals surface area (Å²) in [5, 5.41) is 30.5. The van der Waals surface area contributed by atoms with Crippen LogP contribution in [-0.2, 0) is 5.41 Å². The maximum atomic E-state index is 12.6. The fraction of sp³-hybridized carbons (Fsp3) is 0.565. The van der Waals surface area contributed by atoms with Gasteiger partial charge in [0.15, 0.2) is 0 Å². The minimum Gasteiger partial charge on any atom is -0.393 e. The highest BCUT2D eigenvalue weighted by molar-refractivity contribution is 5.92. The Balaban J connectivity index is 1.52. The Labute approximate surface area is 177 Å². The molecule has 0 bridgehead atoms. The van der Waals surface area contributed by atoms with Gasteiger partial charge in [0.2, 0.25) is 0 Å². The van der Waals surface area contributed by atoms with E-state index in [-0.39, 0.29) is 23.5 Å². The van der Waals surface area contributed by atoms with Gasteiger partial charge in [-0.3, -0.25) is 14.8 Å². The van der Waals surface area contributed by atoms with Crippen molar-refractivity contribution in [2.45, 2.75) is 62.2 Å². The number of piperidine rings is 1. The molecule has 30 heavy (non-hydrogen) atoms. The second-order valence-corrected chi connectivity index (χ2v) is 8.78. The number of hydrogen-bond donors (Lipinski definition) is 4. The van der Waals surface area contributed by atoms with Gasteiger partial charge in [0.25, 0.3) is 5.91 Å². The van der Waals surface area contributed by atoms with Crippen LogP contribution in [0, 0.1) is 0 Å². The third kappa shape index (κ3) is 4.58. The molecule has 0 spiro atoms. The van der Waals surface area contributed by atoms with Gasteiger partial charge in [-0.1, -0.05) is 30.3 Å². The van der Waals surface area contributed by atoms with Gasteiger partial charge in [-0.05, 0) is 50.2 Å². The number of amides is 1. The van der Waals surface area contributed by atoms with E-state index in [2.05, 4.69) is 32.5 Å². The molecule has 0 unspecified atom stereocenters. The molecule has 1 amide bonds. The van der Waals surface area contributed by atoms with Crippen LogP contribution in [0.4, 0.5) is 0 Å². The van der Waals surface area contributed by atoms with E-state index < -0.39 is 6.10 Å². The summed E-state index contributed by atoms with van der Waals surface area (Å²) in [6.45, 7) is 2.18. The average molecular weight is 413 g/mol. The first-order valence-corrected chi connectivity index (χ1v) is 11.0. The lowest BCUT2D eigenvalue weighted by molar-refractivity contribution is 0.00482. The summed E-state index contributed by atoms with van der Waals surface area (Å²) in [5.74, 6) is -0.158. The zero-order chi connectivity index (χ0) is 21.0. The molecule has 0 radical (unpaired) electrons. The second kappa shape index (κ2) is 9.29. The summed E-state index contributed by atoms with van der Waals surface area (Å²) in [4.78, 5) is 14.9. The van der Waals surface area contributed by atoms with Crippen LogP contribution in [0.5, 0.6) is 0 Å². The lowest BCUT2D eigenvalue weighted by Crippen LogP contribution is -2.48. The van der Waals surface area contributed by atoms with Crippen LogP contribution in [0.1, 0.15) is 54.6 Å². The summed E-state index contributed by atoms with van der Waals surface area (Å²) >= 11 is 0. The fourth-order valence-corrected chi connectivity index (χ4v) is 5.09. The summed E-state index contributed by atoms with van der Waals surface area (Å²) in [6.07, 6.45) is 5.77. The minimum atomic E-state index is -0.394. The van der Waals surface area contributed by atoms with Gasteiger partial charge in [-0.15, -0.1) is 0 Å². The zero-order valence-corrected chi connectivity index (χ0v) is 17.3. The number of nitrogens with one attached hydrogen (secondary N) is 2. The Hall–Kier alpha value is -2.22. The molecule has 1 aliphatic heterocycles. The molecule has 1 aromatic carbocycles. The number of likely N-dealkylation sites (tertiary alicyclic amines) is 1. The van der Waals surface area contributed by atoms with Crippen molar-refractivity contribution in [2.24, 2.45) is 0 Å². The van der Waals surface area contributed by atoms with Gasteiger partial charge in [0.1, 0.15) is 5.69 Å². The molecule has 162 valence electrons. The van der Waals surface area contributed by atoms with E-state index in [9.17, 15) is 15.0 Å². The van der Waals surface area contributed by atoms with E-state index in [0.29, 0.717) is 18.7 Å². The van der Waals surface area contributed by atoms with E-state index in [0.717, 1.165) is 45.2 Å². The van der Waals surface area contributed by atoms with Crippen molar-refractivity contribution in [1.29, 1.82) is 0 Å². The molecular formula is C23H32N4O3. The number of aromatic amines is 1.